The highest BCUT2D eigenvalue weighted by molar-refractivity contribution is 5.93. The van der Waals surface area contributed by atoms with Crippen LogP contribution in [-0.2, 0) is 7.05 Å². The normalized spacial score (nSPS) is 28.1. The summed E-state index contributed by atoms with van der Waals surface area (Å²) in [6.45, 7) is 4.37. The molecule has 5 nitrogen and oxygen atoms in total. The summed E-state index contributed by atoms with van der Waals surface area (Å²) < 4.78 is 2.03. The number of aliphatic hydroxyl groups is 1. The second-order valence-electron chi connectivity index (χ2n) is 6.46. The highest BCUT2D eigenvalue weighted by Gasteiger charge is 2.32. The fraction of sp³-hybridized carbons (Fsp3) is 0.471. The molecule has 0 aliphatic carbocycles. The topological polar surface area (TPSA) is 53.3 Å². The van der Waals surface area contributed by atoms with Crippen LogP contribution < -0.4 is 10.2 Å². The molecule has 2 aliphatic rings. The van der Waals surface area contributed by atoms with Gasteiger partial charge in [0.1, 0.15) is 11.8 Å². The van der Waals surface area contributed by atoms with Gasteiger partial charge in [-0.05, 0) is 31.0 Å². The number of pyridine rings is 1. The van der Waals surface area contributed by atoms with E-state index in [0.29, 0.717) is 12.0 Å². The Morgan fingerprint density at radius 2 is 2.27 bits per heavy atom. The van der Waals surface area contributed by atoms with Crippen molar-refractivity contribution in [1.82, 2.24) is 14.9 Å². The molecule has 1 fully saturated rings. The van der Waals surface area contributed by atoms with Crippen LogP contribution in [0.25, 0.3) is 11.0 Å². The Kier molecular flexibility index (Phi) is 3.20. The molecule has 0 bridgehead atoms. The van der Waals surface area contributed by atoms with Gasteiger partial charge in [0.05, 0.1) is 5.69 Å². The lowest BCUT2D eigenvalue weighted by atomic mass is 9.91. The van der Waals surface area contributed by atoms with Gasteiger partial charge in [-0.1, -0.05) is 6.92 Å². The summed E-state index contributed by atoms with van der Waals surface area (Å²) in [6, 6.07) is 2.50. The van der Waals surface area contributed by atoms with E-state index in [9.17, 15) is 5.11 Å². The number of aliphatic hydroxyl groups excluding tert-OH is 1. The molecule has 2 aromatic heterocycles. The van der Waals surface area contributed by atoms with Gasteiger partial charge in [0.25, 0.3) is 0 Å². The number of hydrogen-bond donors (Lipinski definition) is 2. The van der Waals surface area contributed by atoms with E-state index in [1.54, 1.807) is 0 Å². The summed E-state index contributed by atoms with van der Waals surface area (Å²) in [7, 11) is 2.01. The predicted molar refractivity (Wildman–Crippen MR) is 87.7 cm³/mol. The van der Waals surface area contributed by atoms with Gasteiger partial charge in [-0.3, -0.25) is 0 Å². The van der Waals surface area contributed by atoms with E-state index in [4.69, 9.17) is 0 Å². The first-order valence-electron chi connectivity index (χ1n) is 7.96. The minimum Gasteiger partial charge on any atom is -0.384 e. The van der Waals surface area contributed by atoms with E-state index in [0.717, 1.165) is 35.4 Å². The smallest absolute Gasteiger partial charge is 0.141 e. The van der Waals surface area contributed by atoms with Gasteiger partial charge in [0, 0.05) is 49.2 Å². The monoisotopic (exact) mass is 298 g/mol. The van der Waals surface area contributed by atoms with E-state index in [1.807, 2.05) is 36.3 Å². The van der Waals surface area contributed by atoms with Crippen molar-refractivity contribution < 1.29 is 5.11 Å². The van der Waals surface area contributed by atoms with Crippen molar-refractivity contribution in [3.63, 3.8) is 0 Å². The van der Waals surface area contributed by atoms with Crippen molar-refractivity contribution in [1.29, 1.82) is 0 Å². The molecule has 3 unspecified atom stereocenters. The molecule has 0 saturated carbocycles. The molecule has 4 rings (SSSR count). The van der Waals surface area contributed by atoms with Gasteiger partial charge < -0.3 is 19.9 Å². The van der Waals surface area contributed by atoms with Crippen molar-refractivity contribution in [2.75, 3.05) is 18.0 Å². The Balaban J connectivity index is 1.89. The summed E-state index contributed by atoms with van der Waals surface area (Å²) in [6.07, 6.45) is 8.36. The number of fused-ring (bicyclic) bond motifs is 3. The quantitative estimate of drug-likeness (QED) is 0.845. The molecule has 1 saturated heterocycles. The van der Waals surface area contributed by atoms with Gasteiger partial charge in [0.15, 0.2) is 0 Å². The van der Waals surface area contributed by atoms with E-state index < -0.39 is 6.10 Å². The number of aryl methyl sites for hydroxylation is 1. The molecule has 2 aromatic rings. The number of nitrogens with one attached hydrogen (secondary N) is 1. The fourth-order valence-corrected chi connectivity index (χ4v) is 3.69. The molecule has 4 heterocycles. The zero-order valence-electron chi connectivity index (χ0n) is 13.0. The maximum Gasteiger partial charge on any atom is 0.141 e. The van der Waals surface area contributed by atoms with Crippen molar-refractivity contribution in [2.24, 2.45) is 13.0 Å². The average Bonchev–Trinajstić information content (AvgIpc) is 2.90. The summed E-state index contributed by atoms with van der Waals surface area (Å²) in [5.41, 5.74) is 2.97. The van der Waals surface area contributed by atoms with Crippen LogP contribution in [0.3, 0.4) is 0 Å². The van der Waals surface area contributed by atoms with Gasteiger partial charge in [0.2, 0.25) is 0 Å². The first-order chi connectivity index (χ1) is 10.7. The lowest BCUT2D eigenvalue weighted by Crippen LogP contribution is -2.49. The van der Waals surface area contributed by atoms with Gasteiger partial charge in [-0.25, -0.2) is 4.98 Å². The van der Waals surface area contributed by atoms with Gasteiger partial charge >= 0.3 is 0 Å². The largest absolute Gasteiger partial charge is 0.384 e. The van der Waals surface area contributed by atoms with Crippen LogP contribution in [0.5, 0.6) is 0 Å². The molecule has 3 atom stereocenters. The maximum atomic E-state index is 10.3. The summed E-state index contributed by atoms with van der Waals surface area (Å²) >= 11 is 0. The number of hydrogen-bond acceptors (Lipinski definition) is 4. The number of piperidine rings is 1. The molecule has 5 heteroatoms. The van der Waals surface area contributed by atoms with E-state index in [2.05, 4.69) is 28.2 Å². The standard InChI is InChI=1S/C17H22N4O/c1-11-3-6-18-10-14(11)21-8-5-15(22)13-9-19-17-12(16(13)21)4-7-20(17)2/h4-5,7-9,11,14-15,18,22H,3,6,10H2,1-2H3. The third-order valence-corrected chi connectivity index (χ3v) is 5.04. The Bertz CT molecular complexity index is 736. The SMILES string of the molecule is CC1CCNCC1N1C=CC(O)c2cnc3c(ccn3C)c21. The minimum absolute atomic E-state index is 0.405. The molecule has 116 valence electrons. The number of rotatable bonds is 1. The first kappa shape index (κ1) is 13.8. The fourth-order valence-electron chi connectivity index (χ4n) is 3.69. The van der Waals surface area contributed by atoms with Crippen LogP contribution in [0.1, 0.15) is 25.0 Å². The number of aromatic nitrogens is 2. The van der Waals surface area contributed by atoms with Crippen LogP contribution in [0.2, 0.25) is 0 Å². The second kappa shape index (κ2) is 5.11. The molecule has 0 amide bonds. The highest BCUT2D eigenvalue weighted by Crippen LogP contribution is 2.40. The first-order valence-corrected chi connectivity index (χ1v) is 7.96. The molecule has 22 heavy (non-hydrogen) atoms. The van der Waals surface area contributed by atoms with Crippen molar-refractivity contribution in [2.45, 2.75) is 25.5 Å². The zero-order chi connectivity index (χ0) is 15.3. The van der Waals surface area contributed by atoms with Crippen LogP contribution in [0, 0.1) is 5.92 Å². The lowest BCUT2D eigenvalue weighted by molar-refractivity contribution is 0.225. The summed E-state index contributed by atoms with van der Waals surface area (Å²) in [5, 5.41) is 14.9. The molecule has 0 spiro atoms. The molecule has 0 aromatic carbocycles. The Hall–Kier alpha value is -1.85. The molecule has 2 aliphatic heterocycles. The lowest BCUT2D eigenvalue weighted by Gasteiger charge is -2.41. The molecule has 2 N–H and O–H groups in total. The van der Waals surface area contributed by atoms with Gasteiger partial charge in [-0.15, -0.1) is 0 Å². The third kappa shape index (κ3) is 1.96. The van der Waals surface area contributed by atoms with Gasteiger partial charge in [-0.2, -0.15) is 0 Å². The van der Waals surface area contributed by atoms with Crippen LogP contribution in [0.4, 0.5) is 5.69 Å². The van der Waals surface area contributed by atoms with E-state index >= 15 is 0 Å². The van der Waals surface area contributed by atoms with Crippen molar-refractivity contribution in [3.8, 4) is 0 Å². The zero-order valence-corrected chi connectivity index (χ0v) is 13.0. The summed E-state index contributed by atoms with van der Waals surface area (Å²) in [4.78, 5) is 6.87. The number of anilines is 1. The van der Waals surface area contributed by atoms with Crippen molar-refractivity contribution >= 4 is 16.7 Å². The average molecular weight is 298 g/mol. The molecular weight excluding hydrogens is 276 g/mol. The Morgan fingerprint density at radius 3 is 3.09 bits per heavy atom. The van der Waals surface area contributed by atoms with Crippen molar-refractivity contribution in [3.05, 3.63) is 36.3 Å². The minimum atomic E-state index is -0.574. The third-order valence-electron chi connectivity index (χ3n) is 5.04. The van der Waals surface area contributed by atoms with E-state index in [-0.39, 0.29) is 0 Å². The van der Waals surface area contributed by atoms with Crippen LogP contribution in [-0.4, -0.2) is 33.8 Å². The number of nitrogens with zero attached hydrogens (tertiary/aromatic N) is 3. The van der Waals surface area contributed by atoms with E-state index in [1.165, 1.54) is 6.42 Å². The predicted octanol–water partition coefficient (Wildman–Crippen LogP) is 1.94. The Labute approximate surface area is 130 Å². The summed E-state index contributed by atoms with van der Waals surface area (Å²) in [5.74, 6) is 0.612. The molecular formula is C17H22N4O. The maximum absolute atomic E-state index is 10.3. The second-order valence-corrected chi connectivity index (χ2v) is 6.46. The Morgan fingerprint density at radius 1 is 1.41 bits per heavy atom. The van der Waals surface area contributed by atoms with Crippen LogP contribution in [0.15, 0.2) is 30.7 Å². The molecule has 0 radical (unpaired) electrons. The van der Waals surface area contributed by atoms with Crippen LogP contribution >= 0.6 is 0 Å². The highest BCUT2D eigenvalue weighted by atomic mass is 16.3.